The van der Waals surface area contributed by atoms with Gasteiger partial charge in [-0.2, -0.15) is 0 Å². The normalized spacial score (nSPS) is 59.2. The van der Waals surface area contributed by atoms with Crippen molar-refractivity contribution in [3.63, 3.8) is 0 Å². The fourth-order valence-electron chi connectivity index (χ4n) is 10.6. The van der Waals surface area contributed by atoms with Gasteiger partial charge in [0.15, 0.2) is 0 Å². The summed E-state index contributed by atoms with van der Waals surface area (Å²) in [5.74, 6) is 6.39. The van der Waals surface area contributed by atoms with Gasteiger partial charge in [-0.05, 0) is 105 Å². The van der Waals surface area contributed by atoms with E-state index in [1.165, 1.54) is 58.0 Å². The number of Topliss-reactive ketones (excluding diaryl/α,β-unsaturated/α-hetero) is 1. The van der Waals surface area contributed by atoms with Crippen LogP contribution >= 0.6 is 0 Å². The zero-order chi connectivity index (χ0) is 21.7. The van der Waals surface area contributed by atoms with E-state index < -0.39 is 5.60 Å². The Morgan fingerprint density at radius 1 is 0.839 bits per heavy atom. The molecule has 0 spiro atoms. The van der Waals surface area contributed by atoms with Gasteiger partial charge in [0.25, 0.3) is 0 Å². The fraction of sp³-hybridized carbons (Fsp3) is 0.964. The van der Waals surface area contributed by atoms with Gasteiger partial charge in [-0.25, -0.2) is 0 Å². The predicted octanol–water partition coefficient (Wildman–Crippen LogP) is 5.16. The molecular weight excluding hydrogens is 382 g/mol. The van der Waals surface area contributed by atoms with Gasteiger partial charge in [0.2, 0.25) is 0 Å². The van der Waals surface area contributed by atoms with Crippen LogP contribution < -0.4 is 0 Å². The van der Waals surface area contributed by atoms with E-state index in [-0.39, 0.29) is 5.41 Å². The molecule has 31 heavy (non-hydrogen) atoms. The average molecular weight is 428 g/mol. The molecule has 0 unspecified atom stereocenters. The summed E-state index contributed by atoms with van der Waals surface area (Å²) in [6.45, 7) is 11.8. The van der Waals surface area contributed by atoms with Gasteiger partial charge in [-0.3, -0.25) is 9.69 Å². The predicted molar refractivity (Wildman–Crippen MR) is 123 cm³/mol. The maximum atomic E-state index is 13.4. The molecule has 0 aromatic rings. The Bertz CT molecular complexity index is 747. The Kier molecular flexibility index (Phi) is 4.81. The molecule has 0 radical (unpaired) electrons. The lowest BCUT2D eigenvalue weighted by Crippen LogP contribution is -2.67. The highest BCUT2D eigenvalue weighted by molar-refractivity contribution is 5.83. The van der Waals surface area contributed by atoms with Crippen LogP contribution in [0, 0.1) is 58.7 Å². The van der Waals surface area contributed by atoms with E-state index >= 15 is 0 Å². The molecule has 0 bridgehead atoms. The van der Waals surface area contributed by atoms with Gasteiger partial charge in [-0.1, -0.05) is 27.2 Å². The van der Waals surface area contributed by atoms with E-state index in [4.69, 9.17) is 0 Å². The second kappa shape index (κ2) is 7.05. The first-order valence-electron chi connectivity index (χ1n) is 13.7. The van der Waals surface area contributed by atoms with Gasteiger partial charge >= 0.3 is 0 Å². The summed E-state index contributed by atoms with van der Waals surface area (Å²) >= 11 is 0. The van der Waals surface area contributed by atoms with Crippen molar-refractivity contribution in [2.24, 2.45) is 58.7 Å². The summed E-state index contributed by atoms with van der Waals surface area (Å²) in [6, 6.07) is 0.369. The maximum absolute atomic E-state index is 13.4. The molecule has 2 saturated heterocycles. The zero-order valence-corrected chi connectivity index (χ0v) is 20.4. The minimum Gasteiger partial charge on any atom is -0.388 e. The molecule has 2 aliphatic heterocycles. The van der Waals surface area contributed by atoms with Crippen LogP contribution in [0.2, 0.25) is 0 Å². The Labute approximate surface area is 189 Å². The number of nitrogens with zero attached hydrogens (tertiary/aromatic N) is 1. The number of carbonyl (C=O) groups is 1. The topological polar surface area (TPSA) is 40.5 Å². The van der Waals surface area contributed by atoms with Crippen molar-refractivity contribution in [3.05, 3.63) is 0 Å². The van der Waals surface area contributed by atoms with Crippen molar-refractivity contribution in [2.45, 2.75) is 97.1 Å². The number of aliphatic hydroxyl groups is 1. The fourth-order valence-corrected chi connectivity index (χ4v) is 10.6. The molecule has 4 saturated carbocycles. The summed E-state index contributed by atoms with van der Waals surface area (Å²) in [7, 11) is 0. The molecule has 0 aromatic heterocycles. The van der Waals surface area contributed by atoms with E-state index in [1.54, 1.807) is 0 Å². The van der Waals surface area contributed by atoms with Crippen molar-refractivity contribution in [1.29, 1.82) is 0 Å². The Hall–Kier alpha value is -0.410. The van der Waals surface area contributed by atoms with E-state index in [0.29, 0.717) is 35.5 Å². The lowest BCUT2D eigenvalue weighted by molar-refractivity contribution is -0.175. The lowest BCUT2D eigenvalue weighted by atomic mass is 9.51. The van der Waals surface area contributed by atoms with Crippen molar-refractivity contribution in [2.75, 3.05) is 13.1 Å². The third-order valence-electron chi connectivity index (χ3n) is 12.1. The second-order valence-electron chi connectivity index (χ2n) is 13.7. The monoisotopic (exact) mass is 427 g/mol. The van der Waals surface area contributed by atoms with Gasteiger partial charge < -0.3 is 5.11 Å². The van der Waals surface area contributed by atoms with E-state index in [0.717, 1.165) is 42.4 Å². The van der Waals surface area contributed by atoms with Crippen LogP contribution in [0.25, 0.3) is 0 Å². The summed E-state index contributed by atoms with van der Waals surface area (Å²) in [5.41, 5.74) is -0.289. The van der Waals surface area contributed by atoms with Gasteiger partial charge in [0.1, 0.15) is 5.78 Å². The Morgan fingerprint density at radius 3 is 2.45 bits per heavy atom. The number of carbonyl (C=O) groups excluding carboxylic acids is 1. The van der Waals surface area contributed by atoms with Crippen LogP contribution in [-0.2, 0) is 4.79 Å². The molecular formula is C28H45NO2. The maximum Gasteiger partial charge on any atom is 0.136 e. The van der Waals surface area contributed by atoms with E-state index in [9.17, 15) is 9.90 Å². The zero-order valence-electron chi connectivity index (χ0n) is 20.4. The molecule has 6 rings (SSSR count). The number of hydrogen-bond acceptors (Lipinski definition) is 3. The highest BCUT2D eigenvalue weighted by Gasteiger charge is 2.64. The van der Waals surface area contributed by atoms with Crippen molar-refractivity contribution in [3.8, 4) is 0 Å². The Morgan fingerprint density at radius 2 is 1.65 bits per heavy atom. The molecule has 1 N–H and O–H groups in total. The molecule has 0 aromatic carbocycles. The highest BCUT2D eigenvalue weighted by Crippen LogP contribution is 2.67. The van der Waals surface area contributed by atoms with Crippen molar-refractivity contribution < 1.29 is 9.90 Å². The molecule has 174 valence electrons. The lowest BCUT2D eigenvalue weighted by Gasteiger charge is -2.59. The number of ketones is 1. The SMILES string of the molecule is C[C@H]1CC[C@@]2(C)[C@H](C1)C(=O)C[C@H]1[C@H]3CC[C@@H]4[C@H](CN5C[C@@H](C)CC[C@@H]5[C@@]4(C)O)[C@H]3C[C@H]12. The third-order valence-corrected chi connectivity index (χ3v) is 12.1. The quantitative estimate of drug-likeness (QED) is 0.580. The molecule has 3 heteroatoms. The second-order valence-corrected chi connectivity index (χ2v) is 13.7. The summed E-state index contributed by atoms with van der Waals surface area (Å²) in [4.78, 5) is 16.1. The van der Waals surface area contributed by atoms with Crippen LogP contribution in [0.15, 0.2) is 0 Å². The molecule has 4 aliphatic carbocycles. The molecule has 6 fully saturated rings. The first-order valence-corrected chi connectivity index (χ1v) is 13.7. The standard InChI is InChI=1S/C28H45NO2/c1-16-9-10-27(3)23-12-19-18(20(23)13-25(30)24(27)11-16)6-7-22-21(19)15-29-14-17(2)5-8-26(29)28(22,4)31/h16-24,26,31H,5-15H2,1-4H3/t16-,17-,18-,19-,20-,21+,22+,23+,24+,26+,27+,28-/m0/s1. The Balaban J connectivity index is 1.31. The van der Waals surface area contributed by atoms with Gasteiger partial charge in [0, 0.05) is 31.5 Å². The number of hydrogen-bond donors (Lipinski definition) is 1. The van der Waals surface area contributed by atoms with Crippen molar-refractivity contribution >= 4 is 5.78 Å². The molecule has 3 nitrogen and oxygen atoms in total. The minimum absolute atomic E-state index is 0.249. The van der Waals surface area contributed by atoms with E-state index in [2.05, 4.69) is 32.6 Å². The molecule has 12 atom stereocenters. The van der Waals surface area contributed by atoms with Crippen LogP contribution in [0.3, 0.4) is 0 Å². The van der Waals surface area contributed by atoms with E-state index in [1.807, 2.05) is 0 Å². The highest BCUT2D eigenvalue weighted by atomic mass is 16.3. The molecule has 2 heterocycles. The molecule has 0 amide bonds. The first-order chi connectivity index (χ1) is 14.7. The minimum atomic E-state index is -0.537. The summed E-state index contributed by atoms with van der Waals surface area (Å²) in [5, 5.41) is 11.8. The average Bonchev–Trinajstić information content (AvgIpc) is 3.09. The largest absolute Gasteiger partial charge is 0.388 e. The third kappa shape index (κ3) is 2.94. The summed E-state index contributed by atoms with van der Waals surface area (Å²) in [6.07, 6.45) is 10.8. The first kappa shape index (κ1) is 21.1. The van der Waals surface area contributed by atoms with Crippen LogP contribution in [0.5, 0.6) is 0 Å². The van der Waals surface area contributed by atoms with Crippen LogP contribution in [0.1, 0.15) is 85.5 Å². The number of rotatable bonds is 0. The van der Waals surface area contributed by atoms with Crippen molar-refractivity contribution in [1.82, 2.24) is 4.90 Å². The number of piperidine rings is 2. The number of fused-ring (bicyclic) bond motifs is 8. The smallest absolute Gasteiger partial charge is 0.136 e. The molecule has 6 aliphatic rings. The van der Waals surface area contributed by atoms with Gasteiger partial charge in [-0.15, -0.1) is 0 Å². The van der Waals surface area contributed by atoms with Crippen LogP contribution in [-0.4, -0.2) is 40.5 Å². The summed E-state index contributed by atoms with van der Waals surface area (Å²) < 4.78 is 0. The van der Waals surface area contributed by atoms with Crippen LogP contribution in [0.4, 0.5) is 0 Å². The van der Waals surface area contributed by atoms with Gasteiger partial charge in [0.05, 0.1) is 5.60 Å².